The van der Waals surface area contributed by atoms with Crippen molar-refractivity contribution in [1.29, 1.82) is 0 Å². The number of thiazole rings is 1. The molecule has 1 fully saturated rings. The molecule has 2 aliphatic heterocycles. The van der Waals surface area contributed by atoms with Crippen LogP contribution in [-0.4, -0.2) is 71.1 Å². The van der Waals surface area contributed by atoms with Gasteiger partial charge in [-0.15, -0.1) is 0 Å². The topological polar surface area (TPSA) is 152 Å². The van der Waals surface area contributed by atoms with Crippen molar-refractivity contribution in [2.75, 3.05) is 20.7 Å². The van der Waals surface area contributed by atoms with Crippen LogP contribution in [0.3, 0.4) is 0 Å². The first-order chi connectivity index (χ1) is 11.8. The lowest BCUT2D eigenvalue weighted by molar-refractivity contribution is -0.0596. The predicted octanol–water partition coefficient (Wildman–Crippen LogP) is -3.57. The molecule has 5 N–H and O–H groups in total. The van der Waals surface area contributed by atoms with Gasteiger partial charge in [0.25, 0.3) is 0 Å². The number of nitrogens with zero attached hydrogens (tertiary/aromatic N) is 3. The molecule has 3 rings (SSSR count). The highest BCUT2D eigenvalue weighted by molar-refractivity contribution is 7.07. The van der Waals surface area contributed by atoms with E-state index in [9.17, 15) is 19.8 Å². The fraction of sp³-hybridized carbons (Fsp3) is 0.615. The molecule has 0 aliphatic carbocycles. The minimum absolute atomic E-state index is 0.267. The number of nitrogens with one attached hydrogen (secondary N) is 1. The van der Waals surface area contributed by atoms with Crippen LogP contribution >= 0.6 is 11.3 Å². The third-order valence-corrected chi connectivity index (χ3v) is 4.73. The first kappa shape index (κ1) is 17.8. The predicted molar refractivity (Wildman–Crippen MR) is 85.9 cm³/mol. The minimum atomic E-state index is -1.30. The van der Waals surface area contributed by atoms with E-state index in [4.69, 9.17) is 15.2 Å². The molecule has 3 heterocycles. The number of amides is 1. The summed E-state index contributed by atoms with van der Waals surface area (Å²) in [5.41, 5.74) is 5.99. The van der Waals surface area contributed by atoms with E-state index in [2.05, 4.69) is 10.3 Å². The highest BCUT2D eigenvalue weighted by Gasteiger charge is 2.48. The van der Waals surface area contributed by atoms with Gasteiger partial charge in [-0.2, -0.15) is 0 Å². The van der Waals surface area contributed by atoms with Crippen LogP contribution in [0.1, 0.15) is 6.23 Å². The average Bonchev–Trinajstić information content (AvgIpc) is 3.03. The quantitative estimate of drug-likeness (QED) is 0.425. The van der Waals surface area contributed by atoms with Crippen LogP contribution in [0.25, 0.3) is 6.20 Å². The van der Waals surface area contributed by atoms with Crippen molar-refractivity contribution in [3.63, 3.8) is 0 Å². The highest BCUT2D eigenvalue weighted by Crippen LogP contribution is 2.30. The first-order valence-corrected chi connectivity index (χ1v) is 8.28. The molecule has 0 saturated carbocycles. The van der Waals surface area contributed by atoms with Crippen LogP contribution in [0.4, 0.5) is 4.79 Å². The van der Waals surface area contributed by atoms with E-state index in [1.807, 2.05) is 0 Å². The van der Waals surface area contributed by atoms with Crippen LogP contribution in [0.5, 0.6) is 0 Å². The summed E-state index contributed by atoms with van der Waals surface area (Å²) in [4.78, 5) is 29.3. The Morgan fingerprint density at radius 1 is 1.60 bits per heavy atom. The van der Waals surface area contributed by atoms with Gasteiger partial charge >= 0.3 is 11.0 Å². The van der Waals surface area contributed by atoms with Gasteiger partial charge in [0.1, 0.15) is 12.2 Å². The fourth-order valence-electron chi connectivity index (χ4n) is 2.59. The summed E-state index contributed by atoms with van der Waals surface area (Å²) in [5, 5.41) is 22.5. The molecule has 0 spiro atoms. The van der Waals surface area contributed by atoms with Gasteiger partial charge in [0.15, 0.2) is 24.1 Å². The zero-order valence-electron chi connectivity index (χ0n) is 13.5. The van der Waals surface area contributed by atoms with Crippen molar-refractivity contribution >= 4 is 23.6 Å². The lowest BCUT2D eigenvalue weighted by Crippen LogP contribution is -2.48. The number of nitrogens with two attached hydrogens (primary N) is 1. The maximum Gasteiger partial charge on any atom is 0.409 e. The third kappa shape index (κ3) is 3.14. The van der Waals surface area contributed by atoms with E-state index < -0.39 is 48.4 Å². The Morgan fingerprint density at radius 2 is 2.32 bits per heavy atom. The molecule has 25 heavy (non-hydrogen) atoms. The van der Waals surface area contributed by atoms with E-state index in [1.165, 1.54) is 23.6 Å². The van der Waals surface area contributed by atoms with Gasteiger partial charge in [-0.05, 0) is 0 Å². The number of ether oxygens (including phenoxy) is 2. The van der Waals surface area contributed by atoms with Crippen LogP contribution < -0.4 is 25.9 Å². The normalized spacial score (nSPS) is 30.7. The van der Waals surface area contributed by atoms with Crippen molar-refractivity contribution < 1.29 is 24.5 Å². The lowest BCUT2D eigenvalue weighted by Gasteiger charge is -2.23. The number of aliphatic hydroxyl groups is 2. The Kier molecular flexibility index (Phi) is 4.79. The second-order valence-electron chi connectivity index (χ2n) is 5.79. The summed E-state index contributed by atoms with van der Waals surface area (Å²) in [5.74, 6) is 0. The second-order valence-corrected chi connectivity index (χ2v) is 6.79. The smallest absolute Gasteiger partial charge is 0.409 e. The first-order valence-electron chi connectivity index (χ1n) is 7.47. The number of fused-ring (bicyclic) bond motifs is 1. The summed E-state index contributed by atoms with van der Waals surface area (Å²) in [6.07, 6.45) is -4.53. The fourth-order valence-corrected chi connectivity index (χ4v) is 3.44. The van der Waals surface area contributed by atoms with Crippen molar-refractivity contribution in [2.45, 2.75) is 30.8 Å². The van der Waals surface area contributed by atoms with Crippen LogP contribution in [0, 0.1) is 0 Å². The highest BCUT2D eigenvalue weighted by atomic mass is 32.1. The van der Waals surface area contributed by atoms with Gasteiger partial charge in [0, 0.05) is 20.3 Å². The maximum atomic E-state index is 12.4. The van der Waals surface area contributed by atoms with Gasteiger partial charge in [0.2, 0.25) is 0 Å². The van der Waals surface area contributed by atoms with E-state index in [0.717, 1.165) is 11.3 Å². The molecule has 2 aliphatic rings. The Morgan fingerprint density at radius 3 is 2.96 bits per heavy atom. The largest absolute Gasteiger partial charge is 0.438 e. The zero-order valence-corrected chi connectivity index (χ0v) is 14.3. The molecule has 5 atom stereocenters. The number of carbonyl (C=O) groups is 1. The number of aliphatic hydroxyl groups excluding tert-OH is 2. The van der Waals surface area contributed by atoms with Crippen LogP contribution in [0.15, 0.2) is 9.79 Å². The minimum Gasteiger partial charge on any atom is -0.438 e. The van der Waals surface area contributed by atoms with Gasteiger partial charge in [-0.25, -0.2) is 9.79 Å². The SMILES string of the molecule is CN(C)C(=O)O[C@@H]1[C@H](O)[C@@H](CO)O[C@H]1n1c(=O)sc2c1=NC(N)NC=2. The number of carbonyl (C=O) groups excluding carboxylic acids is 1. The molecule has 12 heteroatoms. The molecule has 0 radical (unpaired) electrons. The second kappa shape index (κ2) is 6.72. The van der Waals surface area contributed by atoms with E-state index >= 15 is 0 Å². The monoisotopic (exact) mass is 373 g/mol. The van der Waals surface area contributed by atoms with Crippen molar-refractivity contribution in [1.82, 2.24) is 14.8 Å². The molecule has 0 aromatic carbocycles. The molecule has 1 amide bonds. The number of hydrogen-bond donors (Lipinski definition) is 4. The third-order valence-electron chi connectivity index (χ3n) is 3.84. The molecule has 1 unspecified atom stereocenters. The molecule has 1 aromatic rings. The molecule has 1 aromatic heterocycles. The molecule has 11 nitrogen and oxygen atoms in total. The van der Waals surface area contributed by atoms with Crippen molar-refractivity contribution in [2.24, 2.45) is 10.7 Å². The van der Waals surface area contributed by atoms with Crippen molar-refractivity contribution in [3.05, 3.63) is 19.7 Å². The van der Waals surface area contributed by atoms with E-state index in [1.54, 1.807) is 6.20 Å². The van der Waals surface area contributed by atoms with E-state index in [-0.39, 0.29) is 5.49 Å². The summed E-state index contributed by atoms with van der Waals surface area (Å²) in [7, 11) is 2.97. The summed E-state index contributed by atoms with van der Waals surface area (Å²) < 4.78 is 12.6. The number of hydrogen-bond acceptors (Lipinski definition) is 10. The Balaban J connectivity index is 2.06. The Bertz CT molecular complexity index is 835. The van der Waals surface area contributed by atoms with Gasteiger partial charge in [-0.3, -0.25) is 15.1 Å². The molecular formula is C13H19N5O6S. The summed E-state index contributed by atoms with van der Waals surface area (Å²) in [6, 6.07) is 0. The van der Waals surface area contributed by atoms with Gasteiger partial charge < -0.3 is 29.9 Å². The zero-order chi connectivity index (χ0) is 18.3. The molecular weight excluding hydrogens is 354 g/mol. The number of aromatic nitrogens is 1. The maximum absolute atomic E-state index is 12.4. The standard InChI is InChI=1S/C13H19N5O6S/c1-17(2)12(21)24-8-7(20)5(4-19)23-10(8)18-9-6(25-13(18)22)3-15-11(14)16-9/h3,5,7-8,10-11,15,19-20H,4,14H2,1-2H3/t5-,7-,8-,10-,11?/m1/s1. The van der Waals surface area contributed by atoms with E-state index in [0.29, 0.717) is 4.53 Å². The molecule has 1 saturated heterocycles. The molecule has 138 valence electrons. The summed E-state index contributed by atoms with van der Waals surface area (Å²) >= 11 is 0.908. The summed E-state index contributed by atoms with van der Waals surface area (Å²) in [6.45, 7) is -0.501. The van der Waals surface area contributed by atoms with Gasteiger partial charge in [-0.1, -0.05) is 11.3 Å². The van der Waals surface area contributed by atoms with Crippen LogP contribution in [-0.2, 0) is 9.47 Å². The number of rotatable bonds is 3. The van der Waals surface area contributed by atoms with Crippen LogP contribution in [0.2, 0.25) is 0 Å². The Labute approximate surface area is 145 Å². The van der Waals surface area contributed by atoms with Crippen molar-refractivity contribution in [3.8, 4) is 0 Å². The lowest BCUT2D eigenvalue weighted by atomic mass is 10.1. The molecule has 0 bridgehead atoms. The average molecular weight is 373 g/mol. The Hall–Kier alpha value is -1.99. The van der Waals surface area contributed by atoms with Gasteiger partial charge in [0.05, 0.1) is 11.1 Å².